The number of carbonyl (C=O) groups excluding carboxylic acids is 2. The Labute approximate surface area is 378 Å². The van der Waals surface area contributed by atoms with Gasteiger partial charge in [-0.15, -0.1) is 0 Å². The maximum atomic E-state index is 13.2. The molecule has 0 saturated heterocycles. The number of esters is 1. The Morgan fingerprint density at radius 1 is 0.492 bits per heavy atom. The summed E-state index contributed by atoms with van der Waals surface area (Å²) in [6, 6.07) is -0.710. The van der Waals surface area contributed by atoms with Crippen LogP contribution in [0.3, 0.4) is 0 Å². The zero-order valence-corrected chi connectivity index (χ0v) is 40.3. The second-order valence-electron chi connectivity index (χ2n) is 17.5. The monoisotopic (exact) mass is 854 g/mol. The summed E-state index contributed by atoms with van der Waals surface area (Å²) in [5, 5.41) is 23.8. The lowest BCUT2D eigenvalue weighted by Gasteiger charge is -2.24. The molecule has 0 fully saturated rings. The van der Waals surface area contributed by atoms with Crippen LogP contribution in [-0.4, -0.2) is 46.9 Å². The summed E-state index contributed by atoms with van der Waals surface area (Å²) in [5.74, 6) is -0.501. The predicted octanol–water partition coefficient (Wildman–Crippen LogP) is 15.6. The van der Waals surface area contributed by atoms with E-state index in [1.165, 1.54) is 103 Å². The predicted molar refractivity (Wildman–Crippen MR) is 264 cm³/mol. The van der Waals surface area contributed by atoms with E-state index in [0.29, 0.717) is 19.3 Å². The Kier molecular flexibility index (Phi) is 46.6. The van der Waals surface area contributed by atoms with Crippen molar-refractivity contribution in [3.8, 4) is 0 Å². The van der Waals surface area contributed by atoms with Gasteiger partial charge in [-0.05, 0) is 83.5 Å². The van der Waals surface area contributed by atoms with E-state index in [1.807, 2.05) is 0 Å². The zero-order chi connectivity index (χ0) is 44.5. The van der Waals surface area contributed by atoms with E-state index >= 15 is 0 Å². The first-order chi connectivity index (χ1) is 30.0. The minimum atomic E-state index is -0.795. The van der Waals surface area contributed by atoms with Crippen LogP contribution in [0.15, 0.2) is 60.8 Å². The lowest BCUT2D eigenvalue weighted by molar-refractivity contribution is -0.151. The number of aliphatic hydroxyl groups excluding tert-OH is 2. The van der Waals surface area contributed by atoms with Crippen LogP contribution in [-0.2, 0) is 14.3 Å². The van der Waals surface area contributed by atoms with E-state index in [4.69, 9.17) is 4.74 Å². The number of allylic oxidation sites excluding steroid dienone is 10. The molecule has 6 heteroatoms. The molecule has 0 aliphatic heterocycles. The Balaban J connectivity index is 4.57. The van der Waals surface area contributed by atoms with E-state index in [2.05, 4.69) is 86.8 Å². The number of unbranched alkanes of at least 4 members (excludes halogenated alkanes) is 24. The molecule has 6 nitrogen and oxygen atoms in total. The number of hydrogen-bond donors (Lipinski definition) is 3. The molecule has 0 spiro atoms. The largest absolute Gasteiger partial charge is 0.462 e. The normalized spacial score (nSPS) is 13.7. The van der Waals surface area contributed by atoms with Gasteiger partial charge in [0.25, 0.3) is 0 Å². The molecule has 354 valence electrons. The number of hydrogen-bond acceptors (Lipinski definition) is 5. The van der Waals surface area contributed by atoms with Gasteiger partial charge in [0.1, 0.15) is 6.10 Å². The molecule has 0 aliphatic carbocycles. The molecular weight excluding hydrogens is 755 g/mol. The number of ether oxygens (including phenoxy) is 1. The summed E-state index contributed by atoms with van der Waals surface area (Å²) in [5.41, 5.74) is 0. The quantitative estimate of drug-likeness (QED) is 0.0322. The highest BCUT2D eigenvalue weighted by Gasteiger charge is 2.24. The summed E-state index contributed by atoms with van der Waals surface area (Å²) in [6.45, 7) is 6.27. The molecule has 3 atom stereocenters. The Morgan fingerprint density at radius 2 is 0.885 bits per heavy atom. The number of carbonyl (C=O) groups is 2. The van der Waals surface area contributed by atoms with Crippen molar-refractivity contribution >= 4 is 11.9 Å². The average molecular weight is 854 g/mol. The smallest absolute Gasteiger partial charge is 0.306 e. The summed E-state index contributed by atoms with van der Waals surface area (Å²) >= 11 is 0. The first-order valence-corrected chi connectivity index (χ1v) is 26.0. The van der Waals surface area contributed by atoms with Gasteiger partial charge < -0.3 is 20.3 Å². The van der Waals surface area contributed by atoms with Gasteiger partial charge >= 0.3 is 5.97 Å². The Bertz CT molecular complexity index is 1090. The van der Waals surface area contributed by atoms with Gasteiger partial charge in [0, 0.05) is 6.42 Å². The van der Waals surface area contributed by atoms with Crippen molar-refractivity contribution in [2.24, 2.45) is 0 Å². The fraction of sp³-hybridized carbons (Fsp3) is 0.782. The molecule has 0 radical (unpaired) electrons. The number of amides is 1. The maximum absolute atomic E-state index is 13.2. The summed E-state index contributed by atoms with van der Waals surface area (Å²) in [6.07, 6.45) is 59.9. The van der Waals surface area contributed by atoms with E-state index < -0.39 is 18.2 Å². The fourth-order valence-electron chi connectivity index (χ4n) is 7.72. The number of aliphatic hydroxyl groups is 2. The second-order valence-corrected chi connectivity index (χ2v) is 17.5. The maximum Gasteiger partial charge on any atom is 0.306 e. The molecule has 3 unspecified atom stereocenters. The van der Waals surface area contributed by atoms with Crippen molar-refractivity contribution < 1.29 is 24.5 Å². The lowest BCUT2D eigenvalue weighted by atomic mass is 10.0. The summed E-state index contributed by atoms with van der Waals surface area (Å²) in [7, 11) is 0. The van der Waals surface area contributed by atoms with E-state index in [9.17, 15) is 19.8 Å². The van der Waals surface area contributed by atoms with Crippen molar-refractivity contribution in [2.45, 2.75) is 270 Å². The van der Waals surface area contributed by atoms with E-state index in [0.717, 1.165) is 103 Å². The lowest BCUT2D eigenvalue weighted by Crippen LogP contribution is -2.46. The fourth-order valence-corrected chi connectivity index (χ4v) is 7.72. The average Bonchev–Trinajstić information content (AvgIpc) is 3.25. The van der Waals surface area contributed by atoms with Gasteiger partial charge in [0.05, 0.1) is 25.2 Å². The van der Waals surface area contributed by atoms with Crippen LogP contribution in [0.4, 0.5) is 0 Å². The van der Waals surface area contributed by atoms with Crippen LogP contribution >= 0.6 is 0 Å². The molecular formula is C55H99NO5. The SMILES string of the molecule is CC/C=C/C/C=C/C/C=C/CCCCCCCCC(=O)OC(CCCCCCC/C=C/C/C=C/CC)CC(=O)NC(CO)C(O)CCCCCCCCCCCCCCCC. The molecule has 0 heterocycles. The molecule has 61 heavy (non-hydrogen) atoms. The van der Waals surface area contributed by atoms with Gasteiger partial charge in [-0.1, -0.05) is 216 Å². The third kappa shape index (κ3) is 44.0. The van der Waals surface area contributed by atoms with Crippen molar-refractivity contribution in [3.63, 3.8) is 0 Å². The van der Waals surface area contributed by atoms with Gasteiger partial charge in [-0.3, -0.25) is 9.59 Å². The first-order valence-electron chi connectivity index (χ1n) is 26.0. The zero-order valence-electron chi connectivity index (χ0n) is 40.3. The molecule has 0 aromatic carbocycles. The highest BCUT2D eigenvalue weighted by atomic mass is 16.5. The first kappa shape index (κ1) is 58.6. The van der Waals surface area contributed by atoms with Gasteiger partial charge in [0.2, 0.25) is 5.91 Å². The van der Waals surface area contributed by atoms with Gasteiger partial charge in [-0.2, -0.15) is 0 Å². The molecule has 0 bridgehead atoms. The molecule has 3 N–H and O–H groups in total. The number of rotatable bonds is 46. The Hall–Kier alpha value is -2.44. The highest BCUT2D eigenvalue weighted by Crippen LogP contribution is 2.18. The highest BCUT2D eigenvalue weighted by molar-refractivity contribution is 5.77. The van der Waals surface area contributed by atoms with Gasteiger partial charge in [0.15, 0.2) is 0 Å². The van der Waals surface area contributed by atoms with Crippen LogP contribution < -0.4 is 5.32 Å². The molecule has 0 saturated carbocycles. The molecule has 0 aromatic heterocycles. The minimum absolute atomic E-state index is 0.0616. The molecule has 1 amide bonds. The van der Waals surface area contributed by atoms with Gasteiger partial charge in [-0.25, -0.2) is 0 Å². The van der Waals surface area contributed by atoms with Crippen LogP contribution in [0.1, 0.15) is 252 Å². The molecule has 0 aromatic rings. The standard InChI is InChI=1S/C55H99NO5/c1-4-7-10-13-16-19-22-25-27-28-30-33-36-39-42-45-48-55(60)61-51(46-43-40-37-34-31-24-21-18-15-12-9-6-3)49-54(59)56-52(50-57)53(58)47-44-41-38-35-32-29-26-23-20-17-14-11-8-5-2/h7,9-10,12,16,18-19,21,25,27,51-53,57-58H,4-6,8,11,13-15,17,20,22-24,26,28-50H2,1-3H3,(H,56,59)/b10-7+,12-9+,19-16+,21-18+,27-25+. The van der Waals surface area contributed by atoms with Crippen molar-refractivity contribution in [3.05, 3.63) is 60.8 Å². The minimum Gasteiger partial charge on any atom is -0.462 e. The van der Waals surface area contributed by atoms with Crippen molar-refractivity contribution in [1.82, 2.24) is 5.32 Å². The Morgan fingerprint density at radius 3 is 1.34 bits per heavy atom. The van der Waals surface area contributed by atoms with Crippen molar-refractivity contribution in [2.75, 3.05) is 6.61 Å². The van der Waals surface area contributed by atoms with Crippen LogP contribution in [0.25, 0.3) is 0 Å². The van der Waals surface area contributed by atoms with E-state index in [1.54, 1.807) is 0 Å². The van der Waals surface area contributed by atoms with E-state index in [-0.39, 0.29) is 24.9 Å². The van der Waals surface area contributed by atoms with Crippen LogP contribution in [0.2, 0.25) is 0 Å². The summed E-state index contributed by atoms with van der Waals surface area (Å²) in [4.78, 5) is 26.1. The number of nitrogens with one attached hydrogen (secondary N) is 1. The van der Waals surface area contributed by atoms with Crippen LogP contribution in [0, 0.1) is 0 Å². The third-order valence-electron chi connectivity index (χ3n) is 11.6. The third-order valence-corrected chi connectivity index (χ3v) is 11.6. The summed E-state index contributed by atoms with van der Waals surface area (Å²) < 4.78 is 5.92. The topological polar surface area (TPSA) is 95.9 Å². The second kappa shape index (κ2) is 48.6. The molecule has 0 aliphatic rings. The van der Waals surface area contributed by atoms with Crippen LogP contribution in [0.5, 0.6) is 0 Å². The molecule has 0 rings (SSSR count). The van der Waals surface area contributed by atoms with Crippen molar-refractivity contribution in [1.29, 1.82) is 0 Å².